The van der Waals surface area contributed by atoms with Crippen LogP contribution in [0.2, 0.25) is 0 Å². The van der Waals surface area contributed by atoms with Crippen LogP contribution in [0, 0.1) is 11.6 Å². The van der Waals surface area contributed by atoms with Crippen molar-refractivity contribution in [2.75, 3.05) is 6.54 Å². The van der Waals surface area contributed by atoms with Crippen molar-refractivity contribution in [3.05, 3.63) is 53.7 Å². The second-order valence-corrected chi connectivity index (χ2v) is 6.53. The molecule has 0 spiro atoms. The minimum atomic E-state index is -0.624. The number of halogens is 2. The number of aromatic nitrogens is 2. The molecule has 0 bridgehead atoms. The van der Waals surface area contributed by atoms with Gasteiger partial charge in [0, 0.05) is 30.9 Å². The van der Waals surface area contributed by atoms with Crippen LogP contribution in [-0.4, -0.2) is 32.8 Å². The number of rotatable bonds is 4. The molecule has 4 nitrogen and oxygen atoms in total. The molecule has 1 amide bonds. The minimum Gasteiger partial charge on any atom is -0.337 e. The lowest BCUT2D eigenvalue weighted by atomic mass is 10.1. The fourth-order valence-corrected chi connectivity index (χ4v) is 3.60. The van der Waals surface area contributed by atoms with E-state index in [4.69, 9.17) is 0 Å². The average Bonchev–Trinajstić information content (AvgIpc) is 2.54. The molecule has 120 valence electrons. The number of hydrogen-bond acceptors (Lipinski definition) is 4. The SMILES string of the molecule is O=C1C(Sc2cccnn2)CCCN1Cc1ccc(F)cc1F. The molecule has 0 aliphatic carbocycles. The van der Waals surface area contributed by atoms with E-state index in [0.717, 1.165) is 18.9 Å². The smallest absolute Gasteiger partial charge is 0.236 e. The lowest BCUT2D eigenvalue weighted by molar-refractivity contribution is -0.133. The Morgan fingerprint density at radius 3 is 2.91 bits per heavy atom. The Bertz CT molecular complexity index is 699. The summed E-state index contributed by atoms with van der Waals surface area (Å²) < 4.78 is 26.7. The molecule has 1 atom stereocenters. The zero-order valence-electron chi connectivity index (χ0n) is 12.3. The highest BCUT2D eigenvalue weighted by atomic mass is 32.2. The van der Waals surface area contributed by atoms with Gasteiger partial charge in [0.15, 0.2) is 0 Å². The number of likely N-dealkylation sites (tertiary alicyclic amines) is 1. The highest BCUT2D eigenvalue weighted by Crippen LogP contribution is 2.29. The van der Waals surface area contributed by atoms with E-state index in [2.05, 4.69) is 10.2 Å². The summed E-state index contributed by atoms with van der Waals surface area (Å²) in [6.45, 7) is 0.732. The van der Waals surface area contributed by atoms with Crippen LogP contribution < -0.4 is 0 Å². The molecule has 1 aliphatic heterocycles. The average molecular weight is 335 g/mol. The lowest BCUT2D eigenvalue weighted by Gasteiger charge is -2.31. The summed E-state index contributed by atoms with van der Waals surface area (Å²) in [6.07, 6.45) is 3.17. The van der Waals surface area contributed by atoms with Gasteiger partial charge in [-0.1, -0.05) is 17.8 Å². The van der Waals surface area contributed by atoms with Gasteiger partial charge in [-0.25, -0.2) is 8.78 Å². The van der Waals surface area contributed by atoms with E-state index >= 15 is 0 Å². The standard InChI is InChI=1S/C16H15F2N3OS/c17-12-6-5-11(13(18)9-12)10-21-8-2-3-14(16(21)22)23-15-4-1-7-19-20-15/h1,4-7,9,14H,2-3,8,10H2. The molecule has 7 heteroatoms. The third-order valence-corrected chi connectivity index (χ3v) is 4.85. The summed E-state index contributed by atoms with van der Waals surface area (Å²) in [7, 11) is 0. The van der Waals surface area contributed by atoms with E-state index in [1.165, 1.54) is 23.9 Å². The maximum absolute atomic E-state index is 13.8. The molecule has 1 saturated heterocycles. The first-order valence-corrected chi connectivity index (χ1v) is 8.18. The van der Waals surface area contributed by atoms with E-state index < -0.39 is 11.6 Å². The van der Waals surface area contributed by atoms with Gasteiger partial charge in [-0.2, -0.15) is 5.10 Å². The van der Waals surface area contributed by atoms with Gasteiger partial charge in [-0.3, -0.25) is 4.79 Å². The molecular formula is C16H15F2N3OS. The van der Waals surface area contributed by atoms with Crippen molar-refractivity contribution in [1.82, 2.24) is 15.1 Å². The van der Waals surface area contributed by atoms with Gasteiger partial charge >= 0.3 is 0 Å². The molecule has 0 radical (unpaired) electrons. The van der Waals surface area contributed by atoms with Crippen molar-refractivity contribution in [3.63, 3.8) is 0 Å². The molecule has 1 fully saturated rings. The summed E-state index contributed by atoms with van der Waals surface area (Å²) in [5, 5.41) is 8.23. The van der Waals surface area contributed by atoms with Crippen LogP contribution in [0.1, 0.15) is 18.4 Å². The van der Waals surface area contributed by atoms with Crippen molar-refractivity contribution in [3.8, 4) is 0 Å². The molecule has 0 N–H and O–H groups in total. The third kappa shape index (κ3) is 3.85. The maximum atomic E-state index is 13.8. The van der Waals surface area contributed by atoms with Gasteiger partial charge in [-0.05, 0) is 31.0 Å². The number of carbonyl (C=O) groups excluding carboxylic acids is 1. The molecule has 2 heterocycles. The quantitative estimate of drug-likeness (QED) is 0.862. The first-order valence-electron chi connectivity index (χ1n) is 7.30. The van der Waals surface area contributed by atoms with Crippen LogP contribution in [0.25, 0.3) is 0 Å². The molecule has 0 saturated carbocycles. The van der Waals surface area contributed by atoms with Gasteiger partial charge in [-0.15, -0.1) is 5.10 Å². The summed E-state index contributed by atoms with van der Waals surface area (Å²) in [5.74, 6) is -1.29. The number of hydrogen-bond donors (Lipinski definition) is 0. The van der Waals surface area contributed by atoms with Crippen LogP contribution >= 0.6 is 11.8 Å². The molecule has 1 aliphatic rings. The van der Waals surface area contributed by atoms with Gasteiger partial charge in [0.2, 0.25) is 5.91 Å². The van der Waals surface area contributed by atoms with Crippen LogP contribution in [0.5, 0.6) is 0 Å². The summed E-state index contributed by atoms with van der Waals surface area (Å²) in [5.41, 5.74) is 0.324. The second-order valence-electron chi connectivity index (χ2n) is 5.31. The van der Waals surface area contributed by atoms with Crippen LogP contribution in [-0.2, 0) is 11.3 Å². The Morgan fingerprint density at radius 1 is 1.30 bits per heavy atom. The van der Waals surface area contributed by atoms with Gasteiger partial charge < -0.3 is 4.90 Å². The van der Waals surface area contributed by atoms with E-state index in [9.17, 15) is 13.6 Å². The van der Waals surface area contributed by atoms with Gasteiger partial charge in [0.25, 0.3) is 0 Å². The highest BCUT2D eigenvalue weighted by molar-refractivity contribution is 8.00. The van der Waals surface area contributed by atoms with Crippen molar-refractivity contribution in [1.29, 1.82) is 0 Å². The monoisotopic (exact) mass is 335 g/mol. The molecule has 23 heavy (non-hydrogen) atoms. The topological polar surface area (TPSA) is 46.1 Å². The largest absolute Gasteiger partial charge is 0.337 e. The summed E-state index contributed by atoms with van der Waals surface area (Å²) in [4.78, 5) is 14.2. The summed E-state index contributed by atoms with van der Waals surface area (Å²) >= 11 is 1.38. The Hall–Kier alpha value is -2.02. The molecule has 1 unspecified atom stereocenters. The van der Waals surface area contributed by atoms with Crippen LogP contribution in [0.3, 0.4) is 0 Å². The normalized spacial score (nSPS) is 18.3. The predicted octanol–water partition coefficient (Wildman–Crippen LogP) is 3.04. The highest BCUT2D eigenvalue weighted by Gasteiger charge is 2.30. The first-order chi connectivity index (χ1) is 11.1. The summed E-state index contributed by atoms with van der Waals surface area (Å²) in [6, 6.07) is 7.02. The number of carbonyl (C=O) groups is 1. The van der Waals surface area contributed by atoms with Crippen molar-refractivity contribution < 1.29 is 13.6 Å². The van der Waals surface area contributed by atoms with Crippen LogP contribution in [0.15, 0.2) is 41.6 Å². The zero-order valence-corrected chi connectivity index (χ0v) is 13.1. The van der Waals surface area contributed by atoms with Crippen LogP contribution in [0.4, 0.5) is 8.78 Å². The third-order valence-electron chi connectivity index (χ3n) is 3.67. The van der Waals surface area contributed by atoms with Crippen molar-refractivity contribution in [2.45, 2.75) is 29.7 Å². The van der Waals surface area contributed by atoms with Crippen molar-refractivity contribution >= 4 is 17.7 Å². The molecule has 2 aromatic rings. The van der Waals surface area contributed by atoms with Gasteiger partial charge in [0.05, 0.1) is 5.25 Å². The minimum absolute atomic E-state index is 0.0457. The Labute approximate surface area is 136 Å². The molecular weight excluding hydrogens is 320 g/mol. The first kappa shape index (κ1) is 15.9. The molecule has 1 aromatic heterocycles. The number of benzene rings is 1. The van der Waals surface area contributed by atoms with Crippen molar-refractivity contribution in [2.24, 2.45) is 0 Å². The van der Waals surface area contributed by atoms with E-state index in [0.29, 0.717) is 17.1 Å². The number of amides is 1. The fraction of sp³-hybridized carbons (Fsp3) is 0.312. The van der Waals surface area contributed by atoms with E-state index in [1.807, 2.05) is 6.07 Å². The molecule has 1 aromatic carbocycles. The Balaban J connectivity index is 1.69. The van der Waals surface area contributed by atoms with Gasteiger partial charge in [0.1, 0.15) is 16.7 Å². The number of nitrogens with zero attached hydrogens (tertiary/aromatic N) is 3. The number of thioether (sulfide) groups is 1. The van der Waals surface area contributed by atoms with E-state index in [1.54, 1.807) is 17.2 Å². The maximum Gasteiger partial charge on any atom is 0.236 e. The predicted molar refractivity (Wildman–Crippen MR) is 82.7 cm³/mol. The number of piperidine rings is 1. The second kappa shape index (κ2) is 7.04. The zero-order chi connectivity index (χ0) is 16.2. The lowest BCUT2D eigenvalue weighted by Crippen LogP contribution is -2.42. The Kier molecular flexibility index (Phi) is 4.85. The molecule has 3 rings (SSSR count). The fourth-order valence-electron chi connectivity index (χ4n) is 2.52. The van der Waals surface area contributed by atoms with E-state index in [-0.39, 0.29) is 17.7 Å². The Morgan fingerprint density at radius 2 is 2.17 bits per heavy atom.